The normalized spacial score (nSPS) is 14.1. The fraction of sp³-hybridized carbons (Fsp3) is 0.118. The van der Waals surface area contributed by atoms with E-state index in [2.05, 4.69) is 50.0 Å². The molecule has 0 aliphatic carbocycles. The summed E-state index contributed by atoms with van der Waals surface area (Å²) in [5.41, 5.74) is 2.14. The van der Waals surface area contributed by atoms with Gasteiger partial charge in [-0.25, -0.2) is 4.98 Å². The highest BCUT2D eigenvalue weighted by molar-refractivity contribution is 7.99. The Morgan fingerprint density at radius 2 is 1.75 bits per heavy atom. The maximum Gasteiger partial charge on any atom is 0.194 e. The van der Waals surface area contributed by atoms with Crippen LogP contribution in [0.5, 0.6) is 0 Å². The molecule has 0 saturated carbocycles. The predicted molar refractivity (Wildman–Crippen MR) is 98.3 cm³/mol. The van der Waals surface area contributed by atoms with Crippen LogP contribution in [0.3, 0.4) is 0 Å². The molecular formula is C17H13N5S2. The number of anilines is 1. The summed E-state index contributed by atoms with van der Waals surface area (Å²) >= 11 is 3.43. The van der Waals surface area contributed by atoms with Gasteiger partial charge in [0, 0.05) is 5.56 Å². The van der Waals surface area contributed by atoms with Gasteiger partial charge in [0.25, 0.3) is 0 Å². The molecule has 2 aromatic carbocycles. The quantitative estimate of drug-likeness (QED) is 0.544. The van der Waals surface area contributed by atoms with E-state index in [1.54, 1.807) is 23.1 Å². The van der Waals surface area contributed by atoms with Crippen LogP contribution in [0.1, 0.15) is 0 Å². The Kier molecular flexibility index (Phi) is 3.27. The molecule has 0 unspecified atom stereocenters. The number of para-hydroxylation sites is 1. The Labute approximate surface area is 147 Å². The average Bonchev–Trinajstić information content (AvgIpc) is 3.26. The molecule has 24 heavy (non-hydrogen) atoms. The molecule has 7 heteroatoms. The topological polar surface area (TPSA) is 46.8 Å². The van der Waals surface area contributed by atoms with E-state index in [4.69, 9.17) is 4.98 Å². The van der Waals surface area contributed by atoms with Gasteiger partial charge in [0.2, 0.25) is 0 Å². The molecule has 1 aliphatic heterocycles. The lowest BCUT2D eigenvalue weighted by Crippen LogP contribution is -2.30. The van der Waals surface area contributed by atoms with Crippen molar-refractivity contribution in [3.8, 4) is 11.4 Å². The monoisotopic (exact) mass is 351 g/mol. The van der Waals surface area contributed by atoms with Crippen LogP contribution in [-0.2, 0) is 6.67 Å². The molecule has 0 N–H and O–H groups in total. The average molecular weight is 351 g/mol. The van der Waals surface area contributed by atoms with Gasteiger partial charge >= 0.3 is 0 Å². The zero-order valence-corrected chi connectivity index (χ0v) is 14.3. The van der Waals surface area contributed by atoms with Crippen molar-refractivity contribution in [2.24, 2.45) is 0 Å². The largest absolute Gasteiger partial charge is 0.320 e. The SMILES string of the molecule is c1ccc(-c2nnc3n2CN(c2nc4ccccc4s2)CS3)cc1. The van der Waals surface area contributed by atoms with Crippen LogP contribution >= 0.6 is 23.1 Å². The highest BCUT2D eigenvalue weighted by Gasteiger charge is 2.24. The Hall–Kier alpha value is -2.38. The minimum Gasteiger partial charge on any atom is -0.320 e. The van der Waals surface area contributed by atoms with Crippen LogP contribution in [0.4, 0.5) is 5.13 Å². The first kappa shape index (κ1) is 14.0. The summed E-state index contributed by atoms with van der Waals surface area (Å²) in [4.78, 5) is 7.05. The van der Waals surface area contributed by atoms with Crippen molar-refractivity contribution in [2.45, 2.75) is 11.8 Å². The van der Waals surface area contributed by atoms with Gasteiger partial charge in [-0.3, -0.25) is 4.57 Å². The van der Waals surface area contributed by atoms with Gasteiger partial charge in [0.05, 0.1) is 16.1 Å². The molecule has 3 heterocycles. The number of thiazole rings is 1. The summed E-state index contributed by atoms with van der Waals surface area (Å²) in [6, 6.07) is 18.5. The molecule has 0 fully saturated rings. The minimum atomic E-state index is 0.722. The smallest absolute Gasteiger partial charge is 0.194 e. The number of benzene rings is 2. The molecule has 5 nitrogen and oxygen atoms in total. The van der Waals surface area contributed by atoms with E-state index >= 15 is 0 Å². The summed E-state index contributed by atoms with van der Waals surface area (Å²) < 4.78 is 3.38. The molecule has 0 saturated heterocycles. The van der Waals surface area contributed by atoms with Crippen molar-refractivity contribution in [3.05, 3.63) is 54.6 Å². The third kappa shape index (κ3) is 2.28. The zero-order valence-electron chi connectivity index (χ0n) is 12.7. The number of hydrogen-bond donors (Lipinski definition) is 0. The Morgan fingerprint density at radius 1 is 0.917 bits per heavy atom. The molecule has 0 radical (unpaired) electrons. The van der Waals surface area contributed by atoms with E-state index < -0.39 is 0 Å². The number of thioether (sulfide) groups is 1. The van der Waals surface area contributed by atoms with E-state index in [1.165, 1.54) is 4.70 Å². The number of fused-ring (bicyclic) bond motifs is 2. The third-order valence-corrected chi connectivity index (χ3v) is 6.06. The van der Waals surface area contributed by atoms with Crippen LogP contribution in [-0.4, -0.2) is 25.6 Å². The van der Waals surface area contributed by atoms with Crippen LogP contribution in [0.25, 0.3) is 21.6 Å². The molecule has 118 valence electrons. The summed E-state index contributed by atoms with van der Waals surface area (Å²) in [5.74, 6) is 1.75. The van der Waals surface area contributed by atoms with Gasteiger partial charge in [0.1, 0.15) is 6.67 Å². The number of nitrogens with zero attached hydrogens (tertiary/aromatic N) is 5. The van der Waals surface area contributed by atoms with Crippen molar-refractivity contribution < 1.29 is 0 Å². The number of rotatable bonds is 2. The van der Waals surface area contributed by atoms with E-state index in [-0.39, 0.29) is 0 Å². The fourth-order valence-electron chi connectivity index (χ4n) is 2.78. The second-order valence-electron chi connectivity index (χ2n) is 5.52. The summed E-state index contributed by atoms with van der Waals surface area (Å²) in [5, 5.41) is 10.7. The minimum absolute atomic E-state index is 0.722. The molecule has 1 aliphatic rings. The zero-order chi connectivity index (χ0) is 15.9. The van der Waals surface area contributed by atoms with Gasteiger partial charge < -0.3 is 4.90 Å². The van der Waals surface area contributed by atoms with Crippen LogP contribution < -0.4 is 4.90 Å². The first-order chi connectivity index (χ1) is 11.9. The standard InChI is InChI=1S/C17H13N5S2/c1-2-6-12(7-3-1)15-19-20-17-22(15)10-21(11-23-17)16-18-13-8-4-5-9-14(13)24-16/h1-9H,10-11H2. The van der Waals surface area contributed by atoms with Crippen molar-refractivity contribution in [3.63, 3.8) is 0 Å². The van der Waals surface area contributed by atoms with Gasteiger partial charge in [0.15, 0.2) is 16.1 Å². The van der Waals surface area contributed by atoms with Crippen molar-refractivity contribution in [1.82, 2.24) is 19.7 Å². The van der Waals surface area contributed by atoms with Gasteiger partial charge in [-0.2, -0.15) is 0 Å². The first-order valence-corrected chi connectivity index (χ1v) is 9.41. The maximum absolute atomic E-state index is 4.77. The highest BCUT2D eigenvalue weighted by Crippen LogP contribution is 2.35. The summed E-state index contributed by atoms with van der Waals surface area (Å²) in [7, 11) is 0. The second kappa shape index (κ2) is 5.61. The van der Waals surface area contributed by atoms with Crippen molar-refractivity contribution >= 4 is 38.4 Å². The lowest BCUT2D eigenvalue weighted by atomic mass is 10.2. The molecule has 5 rings (SSSR count). The molecule has 0 bridgehead atoms. The molecule has 4 aromatic rings. The number of hydrogen-bond acceptors (Lipinski definition) is 6. The van der Waals surface area contributed by atoms with E-state index in [0.717, 1.165) is 39.7 Å². The summed E-state index contributed by atoms with van der Waals surface area (Å²) in [6.07, 6.45) is 0. The Bertz CT molecular complexity index is 975. The molecule has 0 spiro atoms. The fourth-order valence-corrected chi connectivity index (χ4v) is 4.69. The lowest BCUT2D eigenvalue weighted by molar-refractivity contribution is 0.607. The second-order valence-corrected chi connectivity index (χ2v) is 7.44. The van der Waals surface area contributed by atoms with E-state index in [9.17, 15) is 0 Å². The van der Waals surface area contributed by atoms with Gasteiger partial charge in [-0.1, -0.05) is 65.6 Å². The predicted octanol–water partition coefficient (Wildman–Crippen LogP) is 4.08. The maximum atomic E-state index is 4.77. The highest BCUT2D eigenvalue weighted by atomic mass is 32.2. The molecular weight excluding hydrogens is 338 g/mol. The Balaban J connectivity index is 1.52. The van der Waals surface area contributed by atoms with Crippen molar-refractivity contribution in [1.29, 1.82) is 0 Å². The van der Waals surface area contributed by atoms with Gasteiger partial charge in [-0.15, -0.1) is 10.2 Å². The molecule has 2 aromatic heterocycles. The van der Waals surface area contributed by atoms with Crippen LogP contribution in [0, 0.1) is 0 Å². The number of aromatic nitrogens is 4. The van der Waals surface area contributed by atoms with Crippen molar-refractivity contribution in [2.75, 3.05) is 10.8 Å². The lowest BCUT2D eigenvalue weighted by Gasteiger charge is -2.27. The summed E-state index contributed by atoms with van der Waals surface area (Å²) in [6.45, 7) is 0.722. The first-order valence-electron chi connectivity index (χ1n) is 7.60. The molecule has 0 amide bonds. The van der Waals surface area contributed by atoms with E-state index in [1.807, 2.05) is 24.3 Å². The van der Waals surface area contributed by atoms with E-state index in [0.29, 0.717) is 0 Å². The third-order valence-electron chi connectivity index (χ3n) is 3.96. The van der Waals surface area contributed by atoms with Crippen LogP contribution in [0.2, 0.25) is 0 Å². The molecule has 0 atom stereocenters. The van der Waals surface area contributed by atoms with Crippen LogP contribution in [0.15, 0.2) is 59.8 Å². The van der Waals surface area contributed by atoms with Gasteiger partial charge in [-0.05, 0) is 12.1 Å². The Morgan fingerprint density at radius 3 is 2.62 bits per heavy atom.